The van der Waals surface area contributed by atoms with Gasteiger partial charge in [-0.1, -0.05) is 13.8 Å². The van der Waals surface area contributed by atoms with Gasteiger partial charge in [0.05, 0.1) is 0 Å². The monoisotopic (exact) mass is 267 g/mol. The number of nitrogens with zero attached hydrogens (tertiary/aromatic N) is 2. The number of rotatable bonds is 8. The highest BCUT2D eigenvalue weighted by atomic mass is 15.2. The molecule has 3 nitrogen and oxygen atoms in total. The number of likely N-dealkylation sites (tertiary alicyclic amines) is 1. The van der Waals surface area contributed by atoms with E-state index in [1.165, 1.54) is 58.4 Å². The molecule has 112 valence electrons. The molecule has 1 saturated carbocycles. The van der Waals surface area contributed by atoms with Crippen LogP contribution < -0.4 is 5.32 Å². The van der Waals surface area contributed by atoms with Gasteiger partial charge < -0.3 is 10.2 Å². The first kappa shape index (κ1) is 15.3. The maximum Gasteiger partial charge on any atom is 0.0110 e. The fourth-order valence-corrected chi connectivity index (χ4v) is 3.43. The van der Waals surface area contributed by atoms with Crippen molar-refractivity contribution in [1.29, 1.82) is 0 Å². The van der Waals surface area contributed by atoms with Crippen molar-refractivity contribution in [1.82, 2.24) is 15.1 Å². The summed E-state index contributed by atoms with van der Waals surface area (Å²) in [6, 6.07) is 1.58. The Morgan fingerprint density at radius 3 is 2.68 bits per heavy atom. The molecule has 3 heteroatoms. The Labute approximate surface area is 119 Å². The predicted octanol–water partition coefficient (Wildman–Crippen LogP) is 2.18. The van der Waals surface area contributed by atoms with E-state index in [4.69, 9.17) is 0 Å². The lowest BCUT2D eigenvalue weighted by molar-refractivity contribution is 0.155. The molecule has 0 aromatic heterocycles. The summed E-state index contributed by atoms with van der Waals surface area (Å²) in [5.74, 6) is 0.852. The van der Waals surface area contributed by atoms with Crippen molar-refractivity contribution in [3.05, 3.63) is 0 Å². The van der Waals surface area contributed by atoms with E-state index in [1.54, 1.807) is 0 Å². The molecular formula is C16H33N3. The van der Waals surface area contributed by atoms with Gasteiger partial charge in [0.2, 0.25) is 0 Å². The number of likely N-dealkylation sites (N-methyl/N-ethyl adjacent to an activating group) is 1. The third-order valence-electron chi connectivity index (χ3n) is 5.03. The van der Waals surface area contributed by atoms with Crippen molar-refractivity contribution in [3.8, 4) is 0 Å². The van der Waals surface area contributed by atoms with Crippen LogP contribution in [-0.2, 0) is 0 Å². The van der Waals surface area contributed by atoms with E-state index in [0.29, 0.717) is 6.04 Å². The van der Waals surface area contributed by atoms with Crippen LogP contribution >= 0.6 is 0 Å². The van der Waals surface area contributed by atoms with Gasteiger partial charge >= 0.3 is 0 Å². The van der Waals surface area contributed by atoms with Gasteiger partial charge in [-0.2, -0.15) is 0 Å². The Kier molecular flexibility index (Phi) is 6.11. The number of nitrogens with one attached hydrogen (secondary N) is 1. The number of hydrogen-bond donors (Lipinski definition) is 1. The normalized spacial score (nSPS) is 26.8. The standard InChI is InChI=1S/C16H33N3/c1-4-18-11-6-7-15(13-18)14(3)17-10-12-19(5-2)16-8-9-16/h14-17H,4-13H2,1-3H3. The van der Waals surface area contributed by atoms with Gasteiger partial charge in [-0.3, -0.25) is 4.90 Å². The highest BCUT2D eigenvalue weighted by Crippen LogP contribution is 2.26. The lowest BCUT2D eigenvalue weighted by Gasteiger charge is -2.35. The summed E-state index contributed by atoms with van der Waals surface area (Å²) in [6.07, 6.45) is 5.65. The fraction of sp³-hybridized carbons (Fsp3) is 1.00. The van der Waals surface area contributed by atoms with Crippen LogP contribution in [-0.4, -0.2) is 61.2 Å². The third kappa shape index (κ3) is 4.73. The van der Waals surface area contributed by atoms with Crippen molar-refractivity contribution in [3.63, 3.8) is 0 Å². The van der Waals surface area contributed by atoms with Gasteiger partial charge in [-0.05, 0) is 58.2 Å². The van der Waals surface area contributed by atoms with E-state index < -0.39 is 0 Å². The van der Waals surface area contributed by atoms with E-state index in [-0.39, 0.29) is 0 Å². The molecule has 0 bridgehead atoms. The molecule has 0 aromatic rings. The average molecular weight is 267 g/mol. The maximum absolute atomic E-state index is 3.78. The Morgan fingerprint density at radius 2 is 2.05 bits per heavy atom. The molecule has 19 heavy (non-hydrogen) atoms. The second-order valence-corrected chi connectivity index (χ2v) is 6.40. The Balaban J connectivity index is 1.64. The zero-order valence-electron chi connectivity index (χ0n) is 13.2. The quantitative estimate of drug-likeness (QED) is 0.727. The largest absolute Gasteiger partial charge is 0.313 e. The minimum Gasteiger partial charge on any atom is -0.313 e. The molecule has 0 spiro atoms. The summed E-state index contributed by atoms with van der Waals surface area (Å²) in [5.41, 5.74) is 0. The second-order valence-electron chi connectivity index (χ2n) is 6.40. The summed E-state index contributed by atoms with van der Waals surface area (Å²) < 4.78 is 0. The highest BCUT2D eigenvalue weighted by Gasteiger charge is 2.28. The molecule has 1 saturated heterocycles. The molecule has 2 aliphatic rings. The molecule has 2 rings (SSSR count). The van der Waals surface area contributed by atoms with Crippen LogP contribution in [0.25, 0.3) is 0 Å². The Bertz CT molecular complexity index is 252. The van der Waals surface area contributed by atoms with E-state index in [9.17, 15) is 0 Å². The van der Waals surface area contributed by atoms with Crippen molar-refractivity contribution in [2.75, 3.05) is 39.3 Å². The summed E-state index contributed by atoms with van der Waals surface area (Å²) in [7, 11) is 0. The van der Waals surface area contributed by atoms with Crippen LogP contribution in [0.3, 0.4) is 0 Å². The molecule has 2 unspecified atom stereocenters. The second kappa shape index (κ2) is 7.61. The van der Waals surface area contributed by atoms with Crippen LogP contribution in [0.15, 0.2) is 0 Å². The molecule has 1 N–H and O–H groups in total. The number of piperidine rings is 1. The lowest BCUT2D eigenvalue weighted by atomic mass is 9.91. The van der Waals surface area contributed by atoms with E-state index in [2.05, 4.69) is 35.9 Å². The molecule has 2 atom stereocenters. The van der Waals surface area contributed by atoms with Crippen LogP contribution in [0.2, 0.25) is 0 Å². The van der Waals surface area contributed by atoms with E-state index >= 15 is 0 Å². The van der Waals surface area contributed by atoms with Gasteiger partial charge in [0.25, 0.3) is 0 Å². The summed E-state index contributed by atoms with van der Waals surface area (Å²) in [5, 5.41) is 3.78. The highest BCUT2D eigenvalue weighted by molar-refractivity contribution is 4.85. The topological polar surface area (TPSA) is 18.5 Å². The minimum absolute atomic E-state index is 0.673. The zero-order valence-corrected chi connectivity index (χ0v) is 13.2. The van der Waals surface area contributed by atoms with Crippen molar-refractivity contribution < 1.29 is 0 Å². The first-order valence-corrected chi connectivity index (χ1v) is 8.44. The van der Waals surface area contributed by atoms with E-state index in [1.807, 2.05) is 0 Å². The molecular weight excluding hydrogens is 234 g/mol. The van der Waals surface area contributed by atoms with Crippen LogP contribution in [0.5, 0.6) is 0 Å². The SMILES string of the molecule is CCN1CCCC(C(C)NCCN(CC)C2CC2)C1. The molecule has 0 aromatic carbocycles. The van der Waals surface area contributed by atoms with Crippen LogP contribution in [0, 0.1) is 5.92 Å². The maximum atomic E-state index is 3.78. The molecule has 1 aliphatic heterocycles. The molecule has 2 fully saturated rings. The lowest BCUT2D eigenvalue weighted by Crippen LogP contribution is -2.46. The van der Waals surface area contributed by atoms with Crippen LogP contribution in [0.1, 0.15) is 46.5 Å². The van der Waals surface area contributed by atoms with Gasteiger partial charge in [0.15, 0.2) is 0 Å². The van der Waals surface area contributed by atoms with Gasteiger partial charge in [0, 0.05) is 31.7 Å². The average Bonchev–Trinajstić information content (AvgIpc) is 3.28. The molecule has 1 heterocycles. The third-order valence-corrected chi connectivity index (χ3v) is 5.03. The smallest absolute Gasteiger partial charge is 0.0110 e. The van der Waals surface area contributed by atoms with Gasteiger partial charge in [-0.25, -0.2) is 0 Å². The van der Waals surface area contributed by atoms with Gasteiger partial charge in [-0.15, -0.1) is 0 Å². The van der Waals surface area contributed by atoms with Crippen LogP contribution in [0.4, 0.5) is 0 Å². The summed E-state index contributed by atoms with van der Waals surface area (Å²) in [6.45, 7) is 14.4. The first-order valence-electron chi connectivity index (χ1n) is 8.44. The Morgan fingerprint density at radius 1 is 1.26 bits per heavy atom. The fourth-order valence-electron chi connectivity index (χ4n) is 3.43. The van der Waals surface area contributed by atoms with Gasteiger partial charge in [0.1, 0.15) is 0 Å². The molecule has 0 radical (unpaired) electrons. The number of hydrogen-bond acceptors (Lipinski definition) is 3. The minimum atomic E-state index is 0.673. The molecule has 1 aliphatic carbocycles. The van der Waals surface area contributed by atoms with Crippen molar-refractivity contribution in [2.45, 2.75) is 58.5 Å². The summed E-state index contributed by atoms with van der Waals surface area (Å²) >= 11 is 0. The zero-order chi connectivity index (χ0) is 13.7. The summed E-state index contributed by atoms with van der Waals surface area (Å²) in [4.78, 5) is 5.24. The van der Waals surface area contributed by atoms with Crippen molar-refractivity contribution >= 4 is 0 Å². The van der Waals surface area contributed by atoms with Crippen molar-refractivity contribution in [2.24, 2.45) is 5.92 Å². The molecule has 0 amide bonds. The van der Waals surface area contributed by atoms with E-state index in [0.717, 1.165) is 18.5 Å². The Hall–Kier alpha value is -0.120. The predicted molar refractivity (Wildman–Crippen MR) is 82.6 cm³/mol. The first-order chi connectivity index (χ1) is 9.24.